The molecule has 0 bridgehead atoms. The van der Waals surface area contributed by atoms with Gasteiger partial charge in [-0.25, -0.2) is 4.99 Å². The molecule has 2 fully saturated rings. The van der Waals surface area contributed by atoms with E-state index in [-0.39, 0.29) is 29.9 Å². The van der Waals surface area contributed by atoms with Gasteiger partial charge in [0.2, 0.25) is 5.91 Å². The van der Waals surface area contributed by atoms with E-state index in [4.69, 9.17) is 15.5 Å². The van der Waals surface area contributed by atoms with Gasteiger partial charge in [-0.3, -0.25) is 9.69 Å². The number of morpholine rings is 1. The van der Waals surface area contributed by atoms with Crippen molar-refractivity contribution in [2.24, 2.45) is 16.6 Å². The van der Waals surface area contributed by atoms with Gasteiger partial charge < -0.3 is 20.7 Å². The summed E-state index contributed by atoms with van der Waals surface area (Å²) in [7, 11) is 0. The van der Waals surface area contributed by atoms with Crippen LogP contribution in [0.15, 0.2) is 29.3 Å². The highest BCUT2D eigenvalue weighted by Gasteiger charge is 2.23. The summed E-state index contributed by atoms with van der Waals surface area (Å²) in [5.41, 5.74) is 7.95. The topological polar surface area (TPSA) is 83.2 Å². The third-order valence-corrected chi connectivity index (χ3v) is 5.56. The van der Waals surface area contributed by atoms with Gasteiger partial charge in [0.1, 0.15) is 0 Å². The summed E-state index contributed by atoms with van der Waals surface area (Å²) < 4.78 is 5.44. The first kappa shape index (κ1) is 24.9. The predicted octanol–water partition coefficient (Wildman–Crippen LogP) is 2.19. The number of nitrogens with zero attached hydrogens (tertiary/aromatic N) is 3. The zero-order valence-electron chi connectivity index (χ0n) is 18.0. The van der Waals surface area contributed by atoms with Crippen molar-refractivity contribution in [1.29, 1.82) is 0 Å². The summed E-state index contributed by atoms with van der Waals surface area (Å²) in [5, 5.41) is 3.41. The Morgan fingerprint density at radius 3 is 2.77 bits per heavy atom. The Bertz CT molecular complexity index is 694. The molecule has 1 amide bonds. The van der Waals surface area contributed by atoms with E-state index in [9.17, 15) is 4.79 Å². The van der Waals surface area contributed by atoms with Gasteiger partial charge in [-0.05, 0) is 36.8 Å². The fourth-order valence-corrected chi connectivity index (χ4v) is 4.14. The quantitative estimate of drug-likeness (QED) is 0.322. The van der Waals surface area contributed by atoms with Gasteiger partial charge in [-0.2, -0.15) is 0 Å². The van der Waals surface area contributed by atoms with Crippen LogP contribution in [-0.2, 0) is 22.6 Å². The molecule has 30 heavy (non-hydrogen) atoms. The molecule has 2 aliphatic rings. The molecule has 0 spiro atoms. The van der Waals surface area contributed by atoms with E-state index >= 15 is 0 Å². The monoisotopic (exact) mass is 529 g/mol. The molecule has 0 radical (unpaired) electrons. The molecular formula is C22H36IN5O2. The molecule has 0 saturated carbocycles. The molecule has 8 heteroatoms. The Morgan fingerprint density at radius 2 is 2.03 bits per heavy atom. The Labute approximate surface area is 197 Å². The van der Waals surface area contributed by atoms with Crippen molar-refractivity contribution in [2.45, 2.75) is 39.3 Å². The second-order valence-electron chi connectivity index (χ2n) is 8.00. The Hall–Kier alpha value is -1.39. The summed E-state index contributed by atoms with van der Waals surface area (Å²) in [6.45, 7) is 9.96. The van der Waals surface area contributed by atoms with Crippen molar-refractivity contribution in [3.05, 3.63) is 35.4 Å². The van der Waals surface area contributed by atoms with Crippen molar-refractivity contribution >= 4 is 35.8 Å². The number of aliphatic imine (C=N–C) groups is 1. The van der Waals surface area contributed by atoms with Crippen LogP contribution in [0.2, 0.25) is 0 Å². The Balaban J connectivity index is 0.00000320. The molecule has 3 rings (SSSR count). The van der Waals surface area contributed by atoms with E-state index in [2.05, 4.69) is 46.3 Å². The highest BCUT2D eigenvalue weighted by atomic mass is 127. The molecule has 3 N–H and O–H groups in total. The van der Waals surface area contributed by atoms with Crippen molar-refractivity contribution in [2.75, 3.05) is 45.9 Å². The molecule has 7 nitrogen and oxygen atoms in total. The number of carbonyl (C=O) groups is 1. The van der Waals surface area contributed by atoms with E-state index in [0.717, 1.165) is 71.3 Å². The molecule has 1 aromatic carbocycles. The van der Waals surface area contributed by atoms with E-state index in [1.807, 2.05) is 0 Å². The van der Waals surface area contributed by atoms with Crippen LogP contribution in [0.3, 0.4) is 0 Å². The molecular weight excluding hydrogens is 493 g/mol. The van der Waals surface area contributed by atoms with Crippen LogP contribution in [0.4, 0.5) is 0 Å². The lowest BCUT2D eigenvalue weighted by Crippen LogP contribution is -2.47. The molecule has 1 unspecified atom stereocenters. The summed E-state index contributed by atoms with van der Waals surface area (Å²) in [5.74, 6) is 1.04. The number of guanidine groups is 1. The Kier molecular flexibility index (Phi) is 10.9. The second kappa shape index (κ2) is 13.1. The van der Waals surface area contributed by atoms with Gasteiger partial charge in [0.15, 0.2) is 5.96 Å². The molecule has 2 saturated heterocycles. The summed E-state index contributed by atoms with van der Waals surface area (Å²) >= 11 is 0. The zero-order chi connectivity index (χ0) is 20.5. The van der Waals surface area contributed by atoms with Gasteiger partial charge in [-0.1, -0.05) is 24.3 Å². The van der Waals surface area contributed by atoms with Gasteiger partial charge >= 0.3 is 0 Å². The predicted molar refractivity (Wildman–Crippen MR) is 131 cm³/mol. The number of primary amides is 1. The largest absolute Gasteiger partial charge is 0.379 e. The first-order valence-corrected chi connectivity index (χ1v) is 10.8. The standard InChI is InChI=1S/C22H35N5O2.HI/c1-2-24-22(27-8-4-7-20(17-27)14-21(23)28)25-15-18-5-3-6-19(13-18)16-26-9-11-29-12-10-26;/h3,5-6,13,20H,2,4,7-12,14-17H2,1H3,(H2,23,28)(H,24,25);1H. The number of benzene rings is 1. The molecule has 0 aliphatic carbocycles. The normalized spacial score (nSPS) is 20.5. The van der Waals surface area contributed by atoms with Crippen LogP contribution in [0.1, 0.15) is 37.3 Å². The number of hydrogen-bond acceptors (Lipinski definition) is 4. The number of hydrogen-bond donors (Lipinski definition) is 2. The molecule has 1 aromatic rings. The smallest absolute Gasteiger partial charge is 0.217 e. The molecule has 2 aliphatic heterocycles. The van der Waals surface area contributed by atoms with E-state index in [1.54, 1.807) is 0 Å². The third kappa shape index (κ3) is 8.03. The van der Waals surface area contributed by atoms with Crippen LogP contribution < -0.4 is 11.1 Å². The van der Waals surface area contributed by atoms with Gasteiger partial charge in [-0.15, -0.1) is 24.0 Å². The lowest BCUT2D eigenvalue weighted by molar-refractivity contribution is -0.119. The highest BCUT2D eigenvalue weighted by molar-refractivity contribution is 14.0. The zero-order valence-corrected chi connectivity index (χ0v) is 20.3. The van der Waals surface area contributed by atoms with Crippen molar-refractivity contribution in [3.63, 3.8) is 0 Å². The molecule has 168 valence electrons. The first-order chi connectivity index (χ1) is 14.1. The van der Waals surface area contributed by atoms with Crippen LogP contribution in [0, 0.1) is 5.92 Å². The number of nitrogens with one attached hydrogen (secondary N) is 1. The Morgan fingerprint density at radius 1 is 1.27 bits per heavy atom. The van der Waals surface area contributed by atoms with Gasteiger partial charge in [0, 0.05) is 45.7 Å². The van der Waals surface area contributed by atoms with Crippen molar-refractivity contribution in [1.82, 2.24) is 15.1 Å². The maximum absolute atomic E-state index is 11.3. The SMILES string of the molecule is CCNC(=NCc1cccc(CN2CCOCC2)c1)N1CCCC(CC(N)=O)C1.I. The van der Waals surface area contributed by atoms with Gasteiger partial charge in [0.25, 0.3) is 0 Å². The average molecular weight is 529 g/mol. The minimum absolute atomic E-state index is 0. The highest BCUT2D eigenvalue weighted by Crippen LogP contribution is 2.19. The lowest BCUT2D eigenvalue weighted by Gasteiger charge is -2.34. The number of likely N-dealkylation sites (tertiary alicyclic amines) is 1. The maximum Gasteiger partial charge on any atom is 0.217 e. The summed E-state index contributed by atoms with van der Waals surface area (Å²) in [4.78, 5) is 20.9. The fourth-order valence-electron chi connectivity index (χ4n) is 4.14. The second-order valence-corrected chi connectivity index (χ2v) is 8.00. The molecule has 0 aromatic heterocycles. The fraction of sp³-hybridized carbons (Fsp3) is 0.636. The molecule has 2 heterocycles. The van der Waals surface area contributed by atoms with Crippen LogP contribution in [0.5, 0.6) is 0 Å². The van der Waals surface area contributed by atoms with Crippen molar-refractivity contribution in [3.8, 4) is 0 Å². The summed E-state index contributed by atoms with van der Waals surface area (Å²) in [6, 6.07) is 8.71. The van der Waals surface area contributed by atoms with Crippen LogP contribution in [-0.4, -0.2) is 67.6 Å². The minimum Gasteiger partial charge on any atom is -0.379 e. The van der Waals surface area contributed by atoms with Crippen LogP contribution in [0.25, 0.3) is 0 Å². The minimum atomic E-state index is -0.212. The van der Waals surface area contributed by atoms with E-state index in [1.165, 1.54) is 11.1 Å². The number of nitrogens with two attached hydrogens (primary N) is 1. The first-order valence-electron chi connectivity index (χ1n) is 10.8. The number of ether oxygens (including phenoxy) is 1. The number of piperidine rings is 1. The third-order valence-electron chi connectivity index (χ3n) is 5.56. The summed E-state index contributed by atoms with van der Waals surface area (Å²) in [6.07, 6.45) is 2.58. The lowest BCUT2D eigenvalue weighted by atomic mass is 9.95. The van der Waals surface area contributed by atoms with Gasteiger partial charge in [0.05, 0.1) is 19.8 Å². The van der Waals surface area contributed by atoms with E-state index < -0.39 is 0 Å². The van der Waals surface area contributed by atoms with Crippen LogP contribution >= 0.6 is 24.0 Å². The average Bonchev–Trinajstić information content (AvgIpc) is 2.72. The molecule has 1 atom stereocenters. The van der Waals surface area contributed by atoms with Crippen molar-refractivity contribution < 1.29 is 9.53 Å². The van der Waals surface area contributed by atoms with E-state index in [0.29, 0.717) is 18.9 Å². The number of halogens is 1. The maximum atomic E-state index is 11.3. The number of amides is 1. The number of rotatable bonds is 7. The number of carbonyl (C=O) groups excluding carboxylic acids is 1.